The van der Waals surface area contributed by atoms with E-state index in [4.69, 9.17) is 0 Å². The van der Waals surface area contributed by atoms with Crippen LogP contribution in [0.5, 0.6) is 5.75 Å². The van der Waals surface area contributed by atoms with Crippen LogP contribution in [-0.4, -0.2) is 39.2 Å². The number of anilines is 2. The minimum absolute atomic E-state index is 0.0657. The molecule has 0 aliphatic carbocycles. The van der Waals surface area contributed by atoms with Gasteiger partial charge in [0.15, 0.2) is 6.54 Å². The highest BCUT2D eigenvalue weighted by Crippen LogP contribution is 2.22. The van der Waals surface area contributed by atoms with Crippen molar-refractivity contribution in [3.8, 4) is 5.75 Å². The van der Waals surface area contributed by atoms with E-state index in [1.54, 1.807) is 12.1 Å². The van der Waals surface area contributed by atoms with E-state index >= 15 is 0 Å². The number of carbonyl (C=O) groups excluding carboxylic acids is 1. The molecule has 0 aromatic heterocycles. The molecule has 0 spiro atoms. The maximum Gasteiger partial charge on any atom is 0.387 e. The summed E-state index contributed by atoms with van der Waals surface area (Å²) >= 11 is 0. The number of nitrogens with zero attached hydrogens (tertiary/aromatic N) is 1. The molecule has 1 atom stereocenters. The number of amides is 1. The van der Waals surface area contributed by atoms with Gasteiger partial charge in [0.25, 0.3) is 5.91 Å². The maximum atomic E-state index is 12.3. The van der Waals surface area contributed by atoms with Crippen LogP contribution in [0.25, 0.3) is 0 Å². The van der Waals surface area contributed by atoms with Crippen molar-refractivity contribution in [3.05, 3.63) is 54.1 Å². The van der Waals surface area contributed by atoms with Crippen molar-refractivity contribution >= 4 is 17.3 Å². The second kappa shape index (κ2) is 9.50. The van der Waals surface area contributed by atoms with E-state index in [-0.39, 0.29) is 11.7 Å². The molecule has 7 heteroatoms. The Morgan fingerprint density at radius 3 is 2.36 bits per heavy atom. The molecule has 0 bridgehead atoms. The Hall–Kier alpha value is -2.67. The monoisotopic (exact) mass is 390 g/mol. The second-order valence-corrected chi connectivity index (χ2v) is 7.12. The fourth-order valence-electron chi connectivity index (χ4n) is 3.41. The zero-order chi connectivity index (χ0) is 19.9. The molecule has 2 N–H and O–H groups in total. The summed E-state index contributed by atoms with van der Waals surface area (Å²) in [6, 6.07) is 14.4. The Morgan fingerprint density at radius 2 is 1.75 bits per heavy atom. The van der Waals surface area contributed by atoms with Gasteiger partial charge in [-0.1, -0.05) is 0 Å². The lowest BCUT2D eigenvalue weighted by Gasteiger charge is -2.18. The van der Waals surface area contributed by atoms with E-state index in [9.17, 15) is 13.6 Å². The van der Waals surface area contributed by atoms with Crippen molar-refractivity contribution in [2.45, 2.75) is 26.0 Å². The number of halogens is 2. The summed E-state index contributed by atoms with van der Waals surface area (Å²) in [5.74, 6) is 0.0654. The summed E-state index contributed by atoms with van der Waals surface area (Å²) in [6.45, 7) is 0.274. The third-order valence-electron chi connectivity index (χ3n) is 4.74. The number of hydrogen-bond acceptors (Lipinski definition) is 3. The predicted octanol–water partition coefficient (Wildman–Crippen LogP) is 2.54. The second-order valence-electron chi connectivity index (χ2n) is 7.12. The molecule has 2 aromatic rings. The lowest BCUT2D eigenvalue weighted by Crippen LogP contribution is -3.08. The van der Waals surface area contributed by atoms with Gasteiger partial charge in [0, 0.05) is 30.0 Å². The van der Waals surface area contributed by atoms with E-state index < -0.39 is 6.61 Å². The topological polar surface area (TPSA) is 46.0 Å². The van der Waals surface area contributed by atoms with Crippen molar-refractivity contribution in [2.75, 3.05) is 36.9 Å². The van der Waals surface area contributed by atoms with Crippen molar-refractivity contribution in [1.29, 1.82) is 0 Å². The number of carbonyl (C=O) groups is 1. The van der Waals surface area contributed by atoms with E-state index in [2.05, 4.69) is 15.0 Å². The van der Waals surface area contributed by atoms with Gasteiger partial charge in [0.05, 0.1) is 7.05 Å². The van der Waals surface area contributed by atoms with Crippen LogP contribution in [0, 0.1) is 0 Å². The first-order chi connectivity index (χ1) is 13.5. The first kappa shape index (κ1) is 20.1. The van der Waals surface area contributed by atoms with E-state index in [1.807, 2.05) is 31.3 Å². The molecule has 3 rings (SSSR count). The van der Waals surface area contributed by atoms with E-state index in [0.29, 0.717) is 13.1 Å². The van der Waals surface area contributed by atoms with Crippen LogP contribution in [0.3, 0.4) is 0 Å². The van der Waals surface area contributed by atoms with Gasteiger partial charge in [-0.3, -0.25) is 4.79 Å². The minimum atomic E-state index is -2.83. The van der Waals surface area contributed by atoms with Crippen LogP contribution in [0.15, 0.2) is 48.5 Å². The van der Waals surface area contributed by atoms with E-state index in [0.717, 1.165) is 29.2 Å². The molecular formula is C21H26F2N3O2+. The first-order valence-corrected chi connectivity index (χ1v) is 9.49. The normalized spacial score (nSPS) is 14.9. The average Bonchev–Trinajstić information content (AvgIpc) is 3.18. The number of alkyl halides is 2. The molecule has 5 nitrogen and oxygen atoms in total. The van der Waals surface area contributed by atoms with Gasteiger partial charge in [0.2, 0.25) is 0 Å². The molecule has 1 amide bonds. The summed E-state index contributed by atoms with van der Waals surface area (Å²) in [5, 5.41) is 2.93. The van der Waals surface area contributed by atoms with E-state index in [1.165, 1.54) is 30.7 Å². The average molecular weight is 390 g/mol. The highest BCUT2D eigenvalue weighted by molar-refractivity contribution is 5.91. The standard InChI is InChI=1S/C21H25F2N3O2/c1-25(14-16-4-10-19(11-5-16)28-21(22)23)15-20(27)24-17-6-8-18(9-7-17)26-12-2-3-13-26/h4-11,21H,2-3,12-15H2,1H3,(H,24,27)/p+1. The Morgan fingerprint density at radius 1 is 1.11 bits per heavy atom. The Balaban J connectivity index is 1.46. The van der Waals surface area contributed by atoms with Crippen LogP contribution in [0.1, 0.15) is 18.4 Å². The summed E-state index contributed by atoms with van der Waals surface area (Å²) in [7, 11) is 1.92. The number of benzene rings is 2. The molecule has 1 fully saturated rings. The van der Waals surface area contributed by atoms with Crippen LogP contribution in [-0.2, 0) is 11.3 Å². The quantitative estimate of drug-likeness (QED) is 0.728. The number of likely N-dealkylation sites (N-methyl/N-ethyl adjacent to an activating group) is 1. The molecule has 28 heavy (non-hydrogen) atoms. The molecule has 1 saturated heterocycles. The number of rotatable bonds is 8. The number of ether oxygens (including phenoxy) is 1. The molecule has 1 heterocycles. The summed E-state index contributed by atoms with van der Waals surface area (Å²) in [5.41, 5.74) is 2.92. The van der Waals surface area contributed by atoms with Gasteiger partial charge in [-0.05, 0) is 61.4 Å². The van der Waals surface area contributed by atoms with Gasteiger partial charge >= 0.3 is 6.61 Å². The smallest absolute Gasteiger partial charge is 0.387 e. The predicted molar refractivity (Wildman–Crippen MR) is 105 cm³/mol. The molecule has 2 aromatic carbocycles. The highest BCUT2D eigenvalue weighted by atomic mass is 19.3. The van der Waals surface area contributed by atoms with Gasteiger partial charge in [-0.15, -0.1) is 0 Å². The fraction of sp³-hybridized carbons (Fsp3) is 0.381. The van der Waals surface area contributed by atoms with Gasteiger partial charge in [0.1, 0.15) is 12.3 Å². The van der Waals surface area contributed by atoms with Crippen LogP contribution >= 0.6 is 0 Å². The number of hydrogen-bond donors (Lipinski definition) is 2. The lowest BCUT2D eigenvalue weighted by molar-refractivity contribution is -0.885. The third kappa shape index (κ3) is 5.92. The molecule has 1 aliphatic heterocycles. The van der Waals surface area contributed by atoms with Crippen LogP contribution in [0.4, 0.5) is 20.2 Å². The lowest BCUT2D eigenvalue weighted by atomic mass is 10.2. The van der Waals surface area contributed by atoms with Crippen molar-refractivity contribution in [2.24, 2.45) is 0 Å². The number of quaternary nitrogens is 1. The molecule has 1 unspecified atom stereocenters. The SMILES string of the molecule is C[NH+](CC(=O)Nc1ccc(N2CCCC2)cc1)Cc1ccc(OC(F)F)cc1. The van der Waals surface area contributed by atoms with Crippen molar-refractivity contribution in [3.63, 3.8) is 0 Å². The molecule has 0 saturated carbocycles. The van der Waals surface area contributed by atoms with Crippen molar-refractivity contribution in [1.82, 2.24) is 0 Å². The van der Waals surface area contributed by atoms with Gasteiger partial charge in [-0.25, -0.2) is 0 Å². The summed E-state index contributed by atoms with van der Waals surface area (Å²) in [6.07, 6.45) is 2.46. The van der Waals surface area contributed by atoms with Gasteiger partial charge in [-0.2, -0.15) is 8.78 Å². The fourth-order valence-corrected chi connectivity index (χ4v) is 3.41. The molecule has 0 radical (unpaired) electrons. The molecular weight excluding hydrogens is 364 g/mol. The minimum Gasteiger partial charge on any atom is -0.435 e. The van der Waals surface area contributed by atoms with Crippen LogP contribution in [0.2, 0.25) is 0 Å². The summed E-state index contributed by atoms with van der Waals surface area (Å²) < 4.78 is 28.7. The molecule has 150 valence electrons. The Bertz CT molecular complexity index is 760. The zero-order valence-electron chi connectivity index (χ0n) is 16.0. The highest BCUT2D eigenvalue weighted by Gasteiger charge is 2.14. The summed E-state index contributed by atoms with van der Waals surface area (Å²) in [4.78, 5) is 15.6. The Kier molecular flexibility index (Phi) is 6.81. The van der Waals surface area contributed by atoms with Gasteiger partial charge < -0.3 is 19.9 Å². The Labute approximate surface area is 163 Å². The van der Waals surface area contributed by atoms with Crippen LogP contribution < -0.4 is 19.9 Å². The third-order valence-corrected chi connectivity index (χ3v) is 4.74. The maximum absolute atomic E-state index is 12.3. The zero-order valence-corrected chi connectivity index (χ0v) is 16.0. The number of nitrogens with one attached hydrogen (secondary N) is 2. The van der Waals surface area contributed by atoms with Crippen molar-refractivity contribution < 1.29 is 23.2 Å². The largest absolute Gasteiger partial charge is 0.435 e. The molecule has 1 aliphatic rings. The first-order valence-electron chi connectivity index (χ1n) is 9.49.